The van der Waals surface area contributed by atoms with Crippen molar-refractivity contribution in [3.8, 4) is 0 Å². The third-order valence-corrected chi connectivity index (χ3v) is 4.36. The molecule has 0 aliphatic carbocycles. The van der Waals surface area contributed by atoms with E-state index in [1.54, 1.807) is 7.11 Å². The minimum Gasteiger partial charge on any atom is -0.481 e. The highest BCUT2D eigenvalue weighted by Crippen LogP contribution is 2.28. The Labute approximate surface area is 155 Å². The van der Waals surface area contributed by atoms with Crippen LogP contribution in [0.5, 0.6) is 0 Å². The zero-order valence-corrected chi connectivity index (χ0v) is 15.5. The predicted molar refractivity (Wildman–Crippen MR) is 107 cm³/mol. The van der Waals surface area contributed by atoms with Crippen LogP contribution in [0.3, 0.4) is 0 Å². The number of dihydropyridines is 1. The summed E-state index contributed by atoms with van der Waals surface area (Å²) in [5, 5.41) is 6.67. The SMILES string of the molecule is C/C=C\C(CC1=CNC2NC=CC=C12)=C(/NNc1ccc(C)cc1)OC. The molecule has 136 valence electrons. The van der Waals surface area contributed by atoms with Gasteiger partial charge in [0.1, 0.15) is 6.17 Å². The van der Waals surface area contributed by atoms with Crippen molar-refractivity contribution in [2.24, 2.45) is 0 Å². The molecule has 0 radical (unpaired) electrons. The van der Waals surface area contributed by atoms with Crippen molar-refractivity contribution in [2.75, 3.05) is 12.5 Å². The molecule has 5 nitrogen and oxygen atoms in total. The number of fused-ring (bicyclic) bond motifs is 1. The number of hydrazine groups is 1. The van der Waals surface area contributed by atoms with Gasteiger partial charge in [0.05, 0.1) is 12.8 Å². The lowest BCUT2D eigenvalue weighted by Crippen LogP contribution is -2.35. The van der Waals surface area contributed by atoms with Gasteiger partial charge in [0.25, 0.3) is 0 Å². The molecule has 0 spiro atoms. The summed E-state index contributed by atoms with van der Waals surface area (Å²) in [7, 11) is 1.68. The summed E-state index contributed by atoms with van der Waals surface area (Å²) in [5.41, 5.74) is 12.2. The number of allylic oxidation sites excluding steroid dienone is 5. The Morgan fingerprint density at radius 3 is 2.77 bits per heavy atom. The molecule has 26 heavy (non-hydrogen) atoms. The molecule has 2 aliphatic heterocycles. The molecule has 1 aromatic carbocycles. The first-order valence-corrected chi connectivity index (χ1v) is 8.78. The molecule has 2 aliphatic rings. The van der Waals surface area contributed by atoms with Crippen molar-refractivity contribution < 1.29 is 4.74 Å². The van der Waals surface area contributed by atoms with Crippen LogP contribution in [0.1, 0.15) is 18.9 Å². The van der Waals surface area contributed by atoms with Crippen LogP contribution in [0.2, 0.25) is 0 Å². The van der Waals surface area contributed by atoms with E-state index in [1.165, 1.54) is 16.7 Å². The smallest absolute Gasteiger partial charge is 0.208 e. The molecule has 0 saturated carbocycles. The molecule has 1 aromatic rings. The van der Waals surface area contributed by atoms with Crippen molar-refractivity contribution >= 4 is 5.69 Å². The van der Waals surface area contributed by atoms with Crippen LogP contribution in [0.4, 0.5) is 5.69 Å². The second-order valence-corrected chi connectivity index (χ2v) is 6.27. The number of nitrogens with one attached hydrogen (secondary N) is 4. The third-order valence-electron chi connectivity index (χ3n) is 4.36. The highest BCUT2D eigenvalue weighted by molar-refractivity contribution is 5.48. The Morgan fingerprint density at radius 2 is 2.04 bits per heavy atom. The maximum Gasteiger partial charge on any atom is 0.208 e. The van der Waals surface area contributed by atoms with Crippen molar-refractivity contribution in [3.63, 3.8) is 0 Å². The topological polar surface area (TPSA) is 57.3 Å². The molecule has 2 heterocycles. The molecule has 0 aromatic heterocycles. The first-order valence-electron chi connectivity index (χ1n) is 8.78. The average Bonchev–Trinajstić information content (AvgIpc) is 3.07. The van der Waals surface area contributed by atoms with Gasteiger partial charge in [-0.2, -0.15) is 0 Å². The lowest BCUT2D eigenvalue weighted by atomic mass is 9.98. The van der Waals surface area contributed by atoms with Crippen LogP contribution >= 0.6 is 0 Å². The Hall–Kier alpha value is -3.08. The molecule has 0 saturated heterocycles. The maximum atomic E-state index is 5.61. The van der Waals surface area contributed by atoms with E-state index in [9.17, 15) is 0 Å². The highest BCUT2D eigenvalue weighted by atomic mass is 16.5. The standard InChI is InChI=1S/C21H26N4O/c1-4-6-16(13-17-14-23-20-19(17)7-5-12-22-20)21(26-3)25-24-18-10-8-15(2)9-11-18/h4-12,14,20,22-25H,13H2,1-3H3/b6-4-,21-16-. The van der Waals surface area contributed by atoms with Crippen LogP contribution in [0, 0.1) is 6.92 Å². The minimum atomic E-state index is 0.159. The molecule has 0 bridgehead atoms. The number of methoxy groups -OCH3 is 1. The quantitative estimate of drug-likeness (QED) is 0.344. The normalized spacial score (nSPS) is 19.0. The van der Waals surface area contributed by atoms with Crippen LogP contribution in [0.25, 0.3) is 0 Å². The molecule has 3 rings (SSSR count). The lowest BCUT2D eigenvalue weighted by molar-refractivity contribution is 0.263. The number of benzene rings is 1. The van der Waals surface area contributed by atoms with Gasteiger partial charge in [-0.15, -0.1) is 0 Å². The number of ether oxygens (including phenoxy) is 1. The van der Waals surface area contributed by atoms with Crippen LogP contribution in [0.15, 0.2) is 83.6 Å². The monoisotopic (exact) mass is 350 g/mol. The van der Waals surface area contributed by atoms with Gasteiger partial charge in [0.15, 0.2) is 0 Å². The largest absolute Gasteiger partial charge is 0.481 e. The zero-order valence-electron chi connectivity index (χ0n) is 15.5. The molecule has 5 heteroatoms. The van der Waals surface area contributed by atoms with Gasteiger partial charge < -0.3 is 15.4 Å². The Bertz CT molecular complexity index is 785. The Kier molecular flexibility index (Phi) is 5.69. The van der Waals surface area contributed by atoms with Crippen molar-refractivity contribution in [1.82, 2.24) is 16.1 Å². The van der Waals surface area contributed by atoms with Crippen molar-refractivity contribution in [1.29, 1.82) is 0 Å². The van der Waals surface area contributed by atoms with Gasteiger partial charge >= 0.3 is 0 Å². The average molecular weight is 350 g/mol. The minimum absolute atomic E-state index is 0.159. The molecule has 0 amide bonds. The summed E-state index contributed by atoms with van der Waals surface area (Å²) < 4.78 is 5.61. The van der Waals surface area contributed by atoms with E-state index < -0.39 is 0 Å². The highest BCUT2D eigenvalue weighted by Gasteiger charge is 2.24. The number of aryl methyl sites for hydroxylation is 1. The number of hydrogen-bond acceptors (Lipinski definition) is 5. The molecular formula is C21H26N4O. The molecule has 1 unspecified atom stereocenters. The second-order valence-electron chi connectivity index (χ2n) is 6.27. The van der Waals surface area contributed by atoms with Gasteiger partial charge in [0.2, 0.25) is 5.88 Å². The summed E-state index contributed by atoms with van der Waals surface area (Å²) in [6.07, 6.45) is 13.2. The van der Waals surface area contributed by atoms with Gasteiger partial charge in [0, 0.05) is 18.2 Å². The fourth-order valence-electron chi connectivity index (χ4n) is 2.99. The lowest BCUT2D eigenvalue weighted by Gasteiger charge is -2.19. The predicted octanol–water partition coefficient (Wildman–Crippen LogP) is 3.59. The van der Waals surface area contributed by atoms with Gasteiger partial charge in [-0.1, -0.05) is 35.9 Å². The Balaban J connectivity index is 1.75. The number of anilines is 1. The van der Waals surface area contributed by atoms with E-state index >= 15 is 0 Å². The zero-order chi connectivity index (χ0) is 18.4. The van der Waals surface area contributed by atoms with Crippen LogP contribution < -0.4 is 21.5 Å². The van der Waals surface area contributed by atoms with Gasteiger partial charge in [-0.25, -0.2) is 0 Å². The summed E-state index contributed by atoms with van der Waals surface area (Å²) in [5.74, 6) is 0.702. The fraction of sp³-hybridized carbons (Fsp3) is 0.238. The number of hydrogen-bond donors (Lipinski definition) is 4. The van der Waals surface area contributed by atoms with E-state index in [2.05, 4.69) is 58.9 Å². The van der Waals surface area contributed by atoms with E-state index in [0.29, 0.717) is 5.88 Å². The van der Waals surface area contributed by atoms with Crippen molar-refractivity contribution in [2.45, 2.75) is 26.4 Å². The molecule has 0 fully saturated rings. The van der Waals surface area contributed by atoms with Crippen LogP contribution in [-0.2, 0) is 4.74 Å². The first kappa shape index (κ1) is 17.7. The van der Waals surface area contributed by atoms with E-state index in [1.807, 2.05) is 37.4 Å². The Morgan fingerprint density at radius 1 is 1.23 bits per heavy atom. The van der Waals surface area contributed by atoms with E-state index in [0.717, 1.165) is 17.7 Å². The summed E-state index contributed by atoms with van der Waals surface area (Å²) in [4.78, 5) is 0. The molecule has 4 N–H and O–H groups in total. The maximum absolute atomic E-state index is 5.61. The van der Waals surface area contributed by atoms with E-state index in [4.69, 9.17) is 4.74 Å². The summed E-state index contributed by atoms with van der Waals surface area (Å²) >= 11 is 0. The van der Waals surface area contributed by atoms with E-state index in [-0.39, 0.29) is 6.17 Å². The molecule has 1 atom stereocenters. The fourth-order valence-corrected chi connectivity index (χ4v) is 2.99. The summed E-state index contributed by atoms with van der Waals surface area (Å²) in [6, 6.07) is 8.20. The van der Waals surface area contributed by atoms with Crippen LogP contribution in [-0.4, -0.2) is 13.3 Å². The summed E-state index contributed by atoms with van der Waals surface area (Å²) in [6.45, 7) is 4.08. The van der Waals surface area contributed by atoms with Crippen molar-refractivity contribution in [3.05, 3.63) is 89.1 Å². The second kappa shape index (κ2) is 8.34. The number of rotatable bonds is 7. The molecular weight excluding hydrogens is 324 g/mol. The first-order chi connectivity index (χ1) is 12.7. The van der Waals surface area contributed by atoms with Gasteiger partial charge in [-0.05, 0) is 49.4 Å². The van der Waals surface area contributed by atoms with Gasteiger partial charge in [-0.3, -0.25) is 10.9 Å². The third kappa shape index (κ3) is 4.11.